The Morgan fingerprint density at radius 3 is 2.18 bits per heavy atom. The van der Waals surface area contributed by atoms with Crippen LogP contribution in [0.5, 0.6) is 5.75 Å². The highest BCUT2D eigenvalue weighted by Gasteiger charge is 2.31. The quantitative estimate of drug-likeness (QED) is 0.541. The van der Waals surface area contributed by atoms with Crippen molar-refractivity contribution >= 4 is 37.5 Å². The number of aryl methyl sites for hydroxylation is 1. The van der Waals surface area contributed by atoms with Gasteiger partial charge in [0.15, 0.2) is 6.61 Å². The summed E-state index contributed by atoms with van der Waals surface area (Å²) < 4.78 is 33.5. The maximum Gasteiger partial charge on any atom is 0.278 e. The molecule has 0 N–H and O–H groups in total. The van der Waals surface area contributed by atoms with Gasteiger partial charge in [0.1, 0.15) is 5.75 Å². The van der Waals surface area contributed by atoms with E-state index in [4.69, 9.17) is 4.74 Å². The van der Waals surface area contributed by atoms with Crippen molar-refractivity contribution in [3.8, 4) is 5.75 Å². The first kappa shape index (κ1) is 20.1. The number of halogens is 1. The third kappa shape index (κ3) is 4.43. The first-order valence-electron chi connectivity index (χ1n) is 8.47. The number of rotatable bonds is 6. The van der Waals surface area contributed by atoms with Crippen LogP contribution in [0.2, 0.25) is 0 Å². The van der Waals surface area contributed by atoms with E-state index in [9.17, 15) is 13.2 Å². The van der Waals surface area contributed by atoms with Crippen LogP contribution in [0.25, 0.3) is 0 Å². The molecule has 3 aromatic carbocycles. The van der Waals surface area contributed by atoms with Crippen LogP contribution in [-0.4, -0.2) is 20.9 Å². The topological polar surface area (TPSA) is 63.7 Å². The van der Waals surface area contributed by atoms with Crippen LogP contribution in [-0.2, 0) is 14.8 Å². The molecule has 3 aromatic rings. The van der Waals surface area contributed by atoms with E-state index in [0.29, 0.717) is 5.75 Å². The summed E-state index contributed by atoms with van der Waals surface area (Å²) >= 11 is 3.41. The lowest BCUT2D eigenvalue weighted by Gasteiger charge is -2.22. The van der Waals surface area contributed by atoms with Crippen LogP contribution >= 0.6 is 15.9 Å². The number of carbonyl (C=O) groups is 1. The zero-order valence-electron chi connectivity index (χ0n) is 15.1. The number of anilines is 1. The van der Waals surface area contributed by atoms with Gasteiger partial charge in [-0.2, -0.15) is 4.31 Å². The third-order valence-electron chi connectivity index (χ3n) is 3.99. The number of amides is 1. The predicted octanol–water partition coefficient (Wildman–Crippen LogP) is 4.56. The Balaban J connectivity index is 1.91. The molecule has 3 rings (SSSR count). The molecular weight excluding hydrogens is 442 g/mol. The van der Waals surface area contributed by atoms with Crippen molar-refractivity contribution in [2.45, 2.75) is 11.8 Å². The lowest BCUT2D eigenvalue weighted by molar-refractivity contribution is -0.119. The molecule has 144 valence electrons. The number of hydrogen-bond donors (Lipinski definition) is 0. The minimum absolute atomic E-state index is 0.0340. The van der Waals surface area contributed by atoms with Crippen molar-refractivity contribution in [1.82, 2.24) is 0 Å². The highest BCUT2D eigenvalue weighted by Crippen LogP contribution is 2.25. The van der Waals surface area contributed by atoms with Crippen LogP contribution in [0.15, 0.2) is 88.2 Å². The van der Waals surface area contributed by atoms with Gasteiger partial charge >= 0.3 is 0 Å². The summed E-state index contributed by atoms with van der Waals surface area (Å²) in [6.07, 6.45) is 0. The van der Waals surface area contributed by atoms with E-state index in [1.165, 1.54) is 12.1 Å². The summed E-state index contributed by atoms with van der Waals surface area (Å²) in [5.74, 6) is -0.199. The number of para-hydroxylation sites is 1. The molecule has 5 nitrogen and oxygen atoms in total. The molecule has 0 heterocycles. The van der Waals surface area contributed by atoms with Gasteiger partial charge in [-0.25, -0.2) is 8.42 Å². The number of sulfonamides is 1. The van der Waals surface area contributed by atoms with Crippen molar-refractivity contribution < 1.29 is 17.9 Å². The SMILES string of the molecule is Cc1cc(OCC(=O)N(c2ccccc2)S(=O)(=O)c2ccccc2)ccc1Br. The minimum atomic E-state index is -4.08. The van der Waals surface area contributed by atoms with E-state index in [2.05, 4.69) is 15.9 Å². The molecule has 0 radical (unpaired) electrons. The molecule has 0 aliphatic carbocycles. The van der Waals surface area contributed by atoms with Crippen LogP contribution in [0.3, 0.4) is 0 Å². The summed E-state index contributed by atoms with van der Waals surface area (Å²) in [7, 11) is -4.08. The highest BCUT2D eigenvalue weighted by molar-refractivity contribution is 9.10. The van der Waals surface area contributed by atoms with Gasteiger partial charge < -0.3 is 4.74 Å². The first-order valence-corrected chi connectivity index (χ1v) is 10.7. The van der Waals surface area contributed by atoms with Crippen LogP contribution in [0, 0.1) is 6.92 Å². The van der Waals surface area contributed by atoms with Gasteiger partial charge in [-0.05, 0) is 55.0 Å². The number of benzene rings is 3. The Labute approximate surface area is 172 Å². The summed E-state index contributed by atoms with van der Waals surface area (Å²) in [6, 6.07) is 21.4. The van der Waals surface area contributed by atoms with E-state index in [1.807, 2.05) is 13.0 Å². The Morgan fingerprint density at radius 2 is 1.57 bits per heavy atom. The van der Waals surface area contributed by atoms with E-state index in [0.717, 1.165) is 14.3 Å². The second kappa shape index (κ2) is 8.58. The summed E-state index contributed by atoms with van der Waals surface area (Å²) in [5.41, 5.74) is 1.20. The van der Waals surface area contributed by atoms with Crippen LogP contribution < -0.4 is 9.04 Å². The fourth-order valence-electron chi connectivity index (χ4n) is 2.59. The molecule has 0 bridgehead atoms. The molecule has 7 heteroatoms. The van der Waals surface area contributed by atoms with Crippen LogP contribution in [0.4, 0.5) is 5.69 Å². The average Bonchev–Trinajstić information content (AvgIpc) is 2.70. The lowest BCUT2D eigenvalue weighted by atomic mass is 10.2. The third-order valence-corrected chi connectivity index (χ3v) is 6.64. The fourth-order valence-corrected chi connectivity index (χ4v) is 4.27. The number of carbonyl (C=O) groups excluding carboxylic acids is 1. The maximum atomic E-state index is 13.1. The predicted molar refractivity (Wildman–Crippen MR) is 112 cm³/mol. The normalized spacial score (nSPS) is 11.1. The lowest BCUT2D eigenvalue weighted by Crippen LogP contribution is -2.40. The fraction of sp³-hybridized carbons (Fsp3) is 0.0952. The van der Waals surface area contributed by atoms with Crippen LogP contribution in [0.1, 0.15) is 5.56 Å². The number of hydrogen-bond acceptors (Lipinski definition) is 4. The van der Waals surface area contributed by atoms with Crippen molar-refractivity contribution in [3.05, 3.63) is 88.9 Å². The molecule has 0 fully saturated rings. The maximum absolute atomic E-state index is 13.1. The zero-order valence-corrected chi connectivity index (χ0v) is 17.5. The van der Waals surface area contributed by atoms with E-state index < -0.39 is 22.5 Å². The molecule has 28 heavy (non-hydrogen) atoms. The summed E-state index contributed by atoms with van der Waals surface area (Å²) in [6.45, 7) is 1.48. The zero-order chi connectivity index (χ0) is 20.1. The largest absolute Gasteiger partial charge is 0.484 e. The molecular formula is C21H18BrNO4S. The van der Waals surface area contributed by atoms with Gasteiger partial charge in [-0.3, -0.25) is 4.79 Å². The van der Waals surface area contributed by atoms with Gasteiger partial charge in [0.05, 0.1) is 10.6 Å². The van der Waals surface area contributed by atoms with Gasteiger partial charge in [-0.1, -0.05) is 52.3 Å². The molecule has 0 aliphatic heterocycles. The minimum Gasteiger partial charge on any atom is -0.484 e. The first-order chi connectivity index (χ1) is 13.4. The Morgan fingerprint density at radius 1 is 0.964 bits per heavy atom. The smallest absolute Gasteiger partial charge is 0.278 e. The van der Waals surface area contributed by atoms with E-state index >= 15 is 0 Å². The molecule has 0 aromatic heterocycles. The Bertz CT molecular complexity index is 1070. The molecule has 0 atom stereocenters. The second-order valence-corrected chi connectivity index (χ2v) is 8.65. The van der Waals surface area contributed by atoms with Gasteiger partial charge in [0.2, 0.25) is 0 Å². The molecule has 0 unspecified atom stereocenters. The monoisotopic (exact) mass is 459 g/mol. The van der Waals surface area contributed by atoms with Crippen molar-refractivity contribution in [2.75, 3.05) is 10.9 Å². The molecule has 1 amide bonds. The summed E-state index contributed by atoms with van der Waals surface area (Å²) in [4.78, 5) is 12.9. The van der Waals surface area contributed by atoms with Crippen molar-refractivity contribution in [3.63, 3.8) is 0 Å². The Hall–Kier alpha value is -2.64. The molecule has 0 spiro atoms. The molecule has 0 saturated carbocycles. The summed E-state index contributed by atoms with van der Waals surface area (Å²) in [5, 5.41) is 0. The number of ether oxygens (including phenoxy) is 1. The second-order valence-electron chi connectivity index (χ2n) is 6.01. The Kier molecular flexibility index (Phi) is 6.16. The van der Waals surface area contributed by atoms with E-state index in [-0.39, 0.29) is 10.6 Å². The van der Waals surface area contributed by atoms with E-state index in [1.54, 1.807) is 60.7 Å². The van der Waals surface area contributed by atoms with Gasteiger partial charge in [0, 0.05) is 4.47 Å². The van der Waals surface area contributed by atoms with Gasteiger partial charge in [-0.15, -0.1) is 0 Å². The van der Waals surface area contributed by atoms with Gasteiger partial charge in [0.25, 0.3) is 15.9 Å². The van der Waals surface area contributed by atoms with Crippen molar-refractivity contribution in [1.29, 1.82) is 0 Å². The molecule has 0 saturated heterocycles. The number of nitrogens with zero attached hydrogens (tertiary/aromatic N) is 1. The highest BCUT2D eigenvalue weighted by atomic mass is 79.9. The standard InChI is InChI=1S/C21H18BrNO4S/c1-16-14-18(12-13-20(16)22)27-15-21(24)23(17-8-4-2-5-9-17)28(25,26)19-10-6-3-7-11-19/h2-14H,15H2,1H3. The van der Waals surface area contributed by atoms with Crippen molar-refractivity contribution in [2.24, 2.45) is 0 Å². The average molecular weight is 460 g/mol. The molecule has 0 aliphatic rings.